The number of aromatic nitrogens is 1. The molecule has 0 bridgehead atoms. The van der Waals surface area contributed by atoms with Crippen LogP contribution in [0.2, 0.25) is 5.02 Å². The molecule has 1 atom stereocenters. The number of hydrogen-bond acceptors (Lipinski definition) is 5. The molecule has 0 aliphatic carbocycles. The summed E-state index contributed by atoms with van der Waals surface area (Å²) < 4.78 is 36.5. The lowest BCUT2D eigenvalue weighted by Crippen LogP contribution is -2.30. The van der Waals surface area contributed by atoms with E-state index in [4.69, 9.17) is 20.9 Å². The average molecular weight is 331 g/mol. The van der Waals surface area contributed by atoms with Gasteiger partial charge in [0.25, 0.3) is 0 Å². The van der Waals surface area contributed by atoms with Gasteiger partial charge in [0.15, 0.2) is 5.76 Å². The molecule has 1 aromatic carbocycles. The molecule has 0 saturated carbocycles. The number of hydrogen-bond donors (Lipinski definition) is 1. The third-order valence-electron chi connectivity index (χ3n) is 2.85. The maximum atomic E-state index is 11.9. The molecule has 2 aromatic rings. The van der Waals surface area contributed by atoms with Gasteiger partial charge in [0.05, 0.1) is 12.3 Å². The van der Waals surface area contributed by atoms with Crippen molar-refractivity contribution in [3.63, 3.8) is 0 Å². The summed E-state index contributed by atoms with van der Waals surface area (Å²) in [5.41, 5.74) is 0.726. The highest BCUT2D eigenvalue weighted by Crippen LogP contribution is 2.24. The molecule has 0 amide bonds. The van der Waals surface area contributed by atoms with E-state index >= 15 is 0 Å². The third kappa shape index (κ3) is 4.53. The third-order valence-corrected chi connectivity index (χ3v) is 4.46. The van der Waals surface area contributed by atoms with Gasteiger partial charge in [-0.25, -0.2) is 13.1 Å². The Morgan fingerprint density at radius 3 is 2.76 bits per heavy atom. The Hall–Kier alpha value is -1.41. The monoisotopic (exact) mass is 330 g/mol. The zero-order valence-corrected chi connectivity index (χ0v) is 12.9. The van der Waals surface area contributed by atoms with Gasteiger partial charge in [-0.15, -0.1) is 0 Å². The molecule has 2 rings (SSSR count). The molecule has 8 heteroatoms. The van der Waals surface area contributed by atoms with Gasteiger partial charge in [-0.05, 0) is 6.07 Å². The molecule has 114 valence electrons. The second-order valence-electron chi connectivity index (χ2n) is 4.33. The maximum Gasteiger partial charge on any atom is 0.219 e. The van der Waals surface area contributed by atoms with Gasteiger partial charge in [0.2, 0.25) is 10.0 Å². The summed E-state index contributed by atoms with van der Waals surface area (Å²) in [6.07, 6.45) is 0.926. The predicted molar refractivity (Wildman–Crippen MR) is 78.3 cm³/mol. The fraction of sp³-hybridized carbons (Fsp3) is 0.308. The summed E-state index contributed by atoms with van der Waals surface area (Å²) >= 11 is 6.08. The van der Waals surface area contributed by atoms with Crippen LogP contribution in [-0.2, 0) is 20.5 Å². The summed E-state index contributed by atoms with van der Waals surface area (Å²) in [6, 6.07) is 8.64. The Morgan fingerprint density at radius 1 is 1.38 bits per heavy atom. The number of rotatable bonds is 7. The van der Waals surface area contributed by atoms with Crippen molar-refractivity contribution in [2.45, 2.75) is 11.9 Å². The standard InChI is InChI=1S/C13H15ClN2O4S/c1-19-13(11-4-2-3-5-12(11)14)8-16-21(17,18)9-10-6-7-15-20-10/h2-7,13,16H,8-9H2,1H3. The van der Waals surface area contributed by atoms with E-state index in [-0.39, 0.29) is 18.1 Å². The molecule has 0 saturated heterocycles. The van der Waals surface area contributed by atoms with Crippen LogP contribution >= 0.6 is 11.6 Å². The van der Waals surface area contributed by atoms with Crippen LogP contribution in [0.25, 0.3) is 0 Å². The van der Waals surface area contributed by atoms with E-state index in [2.05, 4.69) is 9.88 Å². The van der Waals surface area contributed by atoms with Gasteiger partial charge < -0.3 is 9.26 Å². The highest BCUT2D eigenvalue weighted by Gasteiger charge is 2.19. The van der Waals surface area contributed by atoms with Crippen LogP contribution in [0.3, 0.4) is 0 Å². The summed E-state index contributed by atoms with van der Waals surface area (Å²) in [6.45, 7) is 0.0801. The Balaban J connectivity index is 2.01. The van der Waals surface area contributed by atoms with E-state index in [0.29, 0.717) is 5.02 Å². The highest BCUT2D eigenvalue weighted by atomic mass is 35.5. The lowest BCUT2D eigenvalue weighted by atomic mass is 10.1. The molecule has 0 fully saturated rings. The van der Waals surface area contributed by atoms with E-state index in [1.165, 1.54) is 19.4 Å². The zero-order chi connectivity index (χ0) is 15.3. The van der Waals surface area contributed by atoms with Crippen molar-refractivity contribution < 1.29 is 17.7 Å². The smallest absolute Gasteiger partial charge is 0.219 e. The Morgan fingerprint density at radius 2 is 2.14 bits per heavy atom. The topological polar surface area (TPSA) is 81.4 Å². The van der Waals surface area contributed by atoms with Crippen LogP contribution in [0, 0.1) is 0 Å². The summed E-state index contributed by atoms with van der Waals surface area (Å²) in [5.74, 6) is 0.000548. The van der Waals surface area contributed by atoms with Gasteiger partial charge >= 0.3 is 0 Å². The number of nitrogens with one attached hydrogen (secondary N) is 1. The van der Waals surface area contributed by atoms with Gasteiger partial charge in [0.1, 0.15) is 5.75 Å². The fourth-order valence-corrected chi connectivity index (χ4v) is 3.10. The van der Waals surface area contributed by atoms with Crippen LogP contribution < -0.4 is 4.72 Å². The molecule has 1 aromatic heterocycles. The molecule has 6 nitrogen and oxygen atoms in total. The fourth-order valence-electron chi connectivity index (χ4n) is 1.81. The molecule has 0 spiro atoms. The highest BCUT2D eigenvalue weighted by molar-refractivity contribution is 7.88. The van der Waals surface area contributed by atoms with Gasteiger partial charge in [-0.2, -0.15) is 0 Å². The first kappa shape index (κ1) is 16.0. The Kier molecular flexibility index (Phi) is 5.35. The quantitative estimate of drug-likeness (QED) is 0.841. The molecular formula is C13H15ClN2O4S. The average Bonchev–Trinajstić information content (AvgIpc) is 2.93. The van der Waals surface area contributed by atoms with E-state index in [0.717, 1.165) is 5.56 Å². The number of methoxy groups -OCH3 is 1. The van der Waals surface area contributed by atoms with Crippen LogP contribution in [0.4, 0.5) is 0 Å². The van der Waals surface area contributed by atoms with Crippen molar-refractivity contribution in [1.29, 1.82) is 0 Å². The molecule has 0 aliphatic rings. The van der Waals surface area contributed by atoms with Crippen molar-refractivity contribution in [2.24, 2.45) is 0 Å². The maximum absolute atomic E-state index is 11.9. The lowest BCUT2D eigenvalue weighted by molar-refractivity contribution is 0.107. The van der Waals surface area contributed by atoms with Crippen molar-refractivity contribution in [2.75, 3.05) is 13.7 Å². The van der Waals surface area contributed by atoms with E-state index in [1.807, 2.05) is 6.07 Å². The van der Waals surface area contributed by atoms with E-state index < -0.39 is 16.1 Å². The first-order valence-electron chi connectivity index (χ1n) is 6.16. The van der Waals surface area contributed by atoms with Crippen molar-refractivity contribution >= 4 is 21.6 Å². The van der Waals surface area contributed by atoms with E-state index in [1.54, 1.807) is 18.2 Å². The molecular weight excluding hydrogens is 316 g/mol. The van der Waals surface area contributed by atoms with Crippen LogP contribution in [-0.4, -0.2) is 27.2 Å². The molecule has 21 heavy (non-hydrogen) atoms. The molecule has 1 N–H and O–H groups in total. The first-order chi connectivity index (χ1) is 10.0. The van der Waals surface area contributed by atoms with Crippen molar-refractivity contribution in [3.8, 4) is 0 Å². The Bertz CT molecular complexity index is 673. The molecule has 0 radical (unpaired) electrons. The molecule has 0 aliphatic heterocycles. The van der Waals surface area contributed by atoms with Gasteiger partial charge in [-0.1, -0.05) is 35.0 Å². The zero-order valence-electron chi connectivity index (χ0n) is 11.3. The normalized spacial score (nSPS) is 13.2. The number of benzene rings is 1. The van der Waals surface area contributed by atoms with Crippen molar-refractivity contribution in [3.05, 3.63) is 52.9 Å². The minimum absolute atomic E-state index is 0.0801. The van der Waals surface area contributed by atoms with Gasteiger partial charge in [0, 0.05) is 30.3 Å². The van der Waals surface area contributed by atoms with Crippen LogP contribution in [0.1, 0.15) is 17.4 Å². The van der Waals surface area contributed by atoms with Crippen LogP contribution in [0.5, 0.6) is 0 Å². The molecule has 1 unspecified atom stereocenters. The number of nitrogens with zero attached hydrogens (tertiary/aromatic N) is 1. The minimum Gasteiger partial charge on any atom is -0.375 e. The lowest BCUT2D eigenvalue weighted by Gasteiger charge is -2.17. The first-order valence-corrected chi connectivity index (χ1v) is 8.19. The molecule has 1 heterocycles. The van der Waals surface area contributed by atoms with Gasteiger partial charge in [-0.3, -0.25) is 0 Å². The largest absolute Gasteiger partial charge is 0.375 e. The summed E-state index contributed by atoms with van der Waals surface area (Å²) in [4.78, 5) is 0. The second kappa shape index (κ2) is 7.04. The minimum atomic E-state index is -3.54. The summed E-state index contributed by atoms with van der Waals surface area (Å²) in [5, 5.41) is 3.99. The Labute approximate surface area is 128 Å². The van der Waals surface area contributed by atoms with E-state index in [9.17, 15) is 8.42 Å². The van der Waals surface area contributed by atoms with Crippen molar-refractivity contribution in [1.82, 2.24) is 9.88 Å². The summed E-state index contributed by atoms with van der Waals surface area (Å²) in [7, 11) is -2.04. The number of sulfonamides is 1. The second-order valence-corrected chi connectivity index (χ2v) is 6.55. The van der Waals surface area contributed by atoms with Crippen LogP contribution in [0.15, 0.2) is 41.1 Å². The predicted octanol–water partition coefficient (Wildman–Crippen LogP) is 2.14. The number of ether oxygens (including phenoxy) is 1. The SMILES string of the molecule is COC(CNS(=O)(=O)Cc1ccno1)c1ccccc1Cl. The number of halogens is 1.